The van der Waals surface area contributed by atoms with Crippen molar-refractivity contribution < 1.29 is 13.9 Å². The highest BCUT2D eigenvalue weighted by Gasteiger charge is 2.32. The van der Waals surface area contributed by atoms with Crippen LogP contribution in [0.25, 0.3) is 0 Å². The zero-order chi connectivity index (χ0) is 12.3. The van der Waals surface area contributed by atoms with Gasteiger partial charge in [0.2, 0.25) is 0 Å². The molecule has 0 radical (unpaired) electrons. The molecule has 16 heavy (non-hydrogen) atoms. The summed E-state index contributed by atoms with van der Waals surface area (Å²) < 4.78 is 18.8. The molecule has 1 fully saturated rings. The fraction of sp³-hybridized carbons (Fsp3) is 0.909. The Labute approximate surface area is 96.1 Å². The van der Waals surface area contributed by atoms with Crippen LogP contribution >= 0.6 is 0 Å². The molecule has 2 atom stereocenters. The maximum Gasteiger partial charge on any atom is 0.410 e. The average molecular weight is 232 g/mol. The zero-order valence-corrected chi connectivity index (χ0v) is 10.4. The highest BCUT2D eigenvalue weighted by Crippen LogP contribution is 2.17. The summed E-state index contributed by atoms with van der Waals surface area (Å²) in [6.07, 6.45) is -0.856. The van der Waals surface area contributed by atoms with Crippen LogP contribution in [0.15, 0.2) is 0 Å². The molecule has 4 nitrogen and oxygen atoms in total. The minimum atomic E-state index is -1.02. The lowest BCUT2D eigenvalue weighted by atomic mass is 10.0. The molecule has 0 aromatic carbocycles. The number of carbonyl (C=O) groups is 1. The normalized spacial score (nSPS) is 26.3. The summed E-state index contributed by atoms with van der Waals surface area (Å²) in [5.41, 5.74) is -0.538. The van der Waals surface area contributed by atoms with E-state index in [2.05, 4.69) is 5.32 Å². The van der Waals surface area contributed by atoms with Crippen LogP contribution < -0.4 is 5.32 Å². The van der Waals surface area contributed by atoms with E-state index in [4.69, 9.17) is 4.74 Å². The number of halogens is 1. The van der Waals surface area contributed by atoms with Gasteiger partial charge in [-0.3, -0.25) is 0 Å². The lowest BCUT2D eigenvalue weighted by Crippen LogP contribution is -2.52. The first kappa shape index (κ1) is 13.2. The van der Waals surface area contributed by atoms with Crippen LogP contribution in [-0.4, -0.2) is 48.9 Å². The molecule has 0 aromatic rings. The van der Waals surface area contributed by atoms with Gasteiger partial charge in [0, 0.05) is 13.6 Å². The van der Waals surface area contributed by atoms with Gasteiger partial charge in [-0.15, -0.1) is 0 Å². The van der Waals surface area contributed by atoms with Crippen molar-refractivity contribution in [2.75, 3.05) is 20.1 Å². The second-order valence-electron chi connectivity index (χ2n) is 5.17. The number of piperidine rings is 1. The van der Waals surface area contributed by atoms with E-state index in [1.54, 1.807) is 27.8 Å². The number of rotatable bonds is 1. The SMILES string of the molecule is CN(C(=O)OC(C)(C)C)[C@@H]1CCNC[C@@H]1F. The molecule has 1 saturated heterocycles. The standard InChI is InChI=1S/C11H21FN2O2/c1-11(2,3)16-10(15)14(4)9-5-6-13-7-8(9)12/h8-9,13H,5-7H2,1-4H3/t8-,9+/m0/s1. The lowest BCUT2D eigenvalue weighted by Gasteiger charge is -2.35. The molecule has 1 heterocycles. The second-order valence-corrected chi connectivity index (χ2v) is 5.17. The van der Waals surface area contributed by atoms with E-state index in [1.165, 1.54) is 4.90 Å². The van der Waals surface area contributed by atoms with Gasteiger partial charge in [-0.25, -0.2) is 9.18 Å². The molecule has 0 aliphatic carbocycles. The van der Waals surface area contributed by atoms with Gasteiger partial charge < -0.3 is 15.0 Å². The van der Waals surface area contributed by atoms with Crippen molar-refractivity contribution in [3.05, 3.63) is 0 Å². The second kappa shape index (κ2) is 4.99. The van der Waals surface area contributed by atoms with E-state index < -0.39 is 17.9 Å². The number of hydrogen-bond acceptors (Lipinski definition) is 3. The van der Waals surface area contributed by atoms with Crippen LogP contribution in [-0.2, 0) is 4.74 Å². The first-order chi connectivity index (χ1) is 7.31. The van der Waals surface area contributed by atoms with E-state index in [0.29, 0.717) is 13.0 Å². The Morgan fingerprint density at radius 1 is 1.50 bits per heavy atom. The van der Waals surface area contributed by atoms with Gasteiger partial charge in [-0.1, -0.05) is 0 Å². The van der Waals surface area contributed by atoms with Crippen LogP contribution in [0.1, 0.15) is 27.2 Å². The van der Waals surface area contributed by atoms with Gasteiger partial charge in [0.15, 0.2) is 0 Å². The van der Waals surface area contributed by atoms with Crippen molar-refractivity contribution in [2.45, 2.75) is 45.0 Å². The molecular formula is C11H21FN2O2. The molecule has 0 aromatic heterocycles. The van der Waals surface area contributed by atoms with E-state index in [0.717, 1.165) is 6.54 Å². The fourth-order valence-electron chi connectivity index (χ4n) is 1.71. The topological polar surface area (TPSA) is 41.6 Å². The number of carbonyl (C=O) groups excluding carboxylic acids is 1. The molecule has 94 valence electrons. The summed E-state index contributed by atoms with van der Waals surface area (Å²) in [4.78, 5) is 13.1. The lowest BCUT2D eigenvalue weighted by molar-refractivity contribution is 0.00924. The predicted octanol–water partition coefficient (Wildman–Crippen LogP) is 1.55. The molecule has 0 bridgehead atoms. The van der Waals surface area contributed by atoms with Crippen LogP contribution in [0.5, 0.6) is 0 Å². The number of nitrogens with zero attached hydrogens (tertiary/aromatic N) is 1. The van der Waals surface area contributed by atoms with E-state index >= 15 is 0 Å². The van der Waals surface area contributed by atoms with Gasteiger partial charge in [-0.05, 0) is 33.7 Å². The van der Waals surface area contributed by atoms with Crippen molar-refractivity contribution in [2.24, 2.45) is 0 Å². The van der Waals surface area contributed by atoms with Crippen molar-refractivity contribution in [3.63, 3.8) is 0 Å². The van der Waals surface area contributed by atoms with Crippen molar-refractivity contribution in [3.8, 4) is 0 Å². The Kier molecular flexibility index (Phi) is 4.13. The Morgan fingerprint density at radius 2 is 2.12 bits per heavy atom. The molecule has 1 amide bonds. The third-order valence-electron chi connectivity index (χ3n) is 2.55. The molecule has 1 aliphatic heterocycles. The van der Waals surface area contributed by atoms with Crippen molar-refractivity contribution in [1.29, 1.82) is 0 Å². The van der Waals surface area contributed by atoms with Gasteiger partial charge in [-0.2, -0.15) is 0 Å². The molecule has 0 saturated carbocycles. The van der Waals surface area contributed by atoms with Gasteiger partial charge in [0.25, 0.3) is 0 Å². The largest absolute Gasteiger partial charge is 0.444 e. The molecule has 5 heteroatoms. The summed E-state index contributed by atoms with van der Waals surface area (Å²) in [7, 11) is 1.59. The third kappa shape index (κ3) is 3.63. The van der Waals surface area contributed by atoms with Crippen LogP contribution in [0.3, 0.4) is 0 Å². The third-order valence-corrected chi connectivity index (χ3v) is 2.55. The van der Waals surface area contributed by atoms with Crippen molar-refractivity contribution in [1.82, 2.24) is 10.2 Å². The summed E-state index contributed by atoms with van der Waals surface area (Å²) >= 11 is 0. The molecule has 1 rings (SSSR count). The van der Waals surface area contributed by atoms with E-state index in [9.17, 15) is 9.18 Å². The molecular weight excluding hydrogens is 211 g/mol. The molecule has 1 aliphatic rings. The Hall–Kier alpha value is -0.840. The van der Waals surface area contributed by atoms with Crippen LogP contribution in [0, 0.1) is 0 Å². The first-order valence-corrected chi connectivity index (χ1v) is 5.62. The van der Waals surface area contributed by atoms with Crippen LogP contribution in [0.4, 0.5) is 9.18 Å². The van der Waals surface area contributed by atoms with Gasteiger partial charge in [0.05, 0.1) is 6.04 Å². The fourth-order valence-corrected chi connectivity index (χ4v) is 1.71. The van der Waals surface area contributed by atoms with Gasteiger partial charge >= 0.3 is 6.09 Å². The molecule has 0 spiro atoms. The number of ether oxygens (including phenoxy) is 1. The maximum atomic E-state index is 13.6. The monoisotopic (exact) mass is 232 g/mol. The molecule has 0 unspecified atom stereocenters. The minimum Gasteiger partial charge on any atom is -0.444 e. The Balaban J connectivity index is 2.55. The summed E-state index contributed by atoms with van der Waals surface area (Å²) in [6, 6.07) is -0.379. The number of amides is 1. The molecule has 1 N–H and O–H groups in total. The predicted molar refractivity (Wildman–Crippen MR) is 60.2 cm³/mol. The minimum absolute atomic E-state index is 0.303. The highest BCUT2D eigenvalue weighted by molar-refractivity contribution is 5.68. The smallest absolute Gasteiger partial charge is 0.410 e. The van der Waals surface area contributed by atoms with E-state index in [1.807, 2.05) is 0 Å². The zero-order valence-electron chi connectivity index (χ0n) is 10.4. The first-order valence-electron chi connectivity index (χ1n) is 5.62. The van der Waals surface area contributed by atoms with E-state index in [-0.39, 0.29) is 6.04 Å². The van der Waals surface area contributed by atoms with Crippen LogP contribution in [0.2, 0.25) is 0 Å². The summed E-state index contributed by atoms with van der Waals surface area (Å²) in [5.74, 6) is 0. The Bertz CT molecular complexity index is 253. The average Bonchev–Trinajstić information content (AvgIpc) is 2.15. The van der Waals surface area contributed by atoms with Gasteiger partial charge in [0.1, 0.15) is 11.8 Å². The van der Waals surface area contributed by atoms with Crippen molar-refractivity contribution >= 4 is 6.09 Å². The number of nitrogens with one attached hydrogen (secondary N) is 1. The quantitative estimate of drug-likeness (QED) is 0.746. The summed E-state index contributed by atoms with van der Waals surface area (Å²) in [6.45, 7) is 6.44. The highest BCUT2D eigenvalue weighted by atomic mass is 19.1. The maximum absolute atomic E-state index is 13.6. The number of alkyl halides is 1. The summed E-state index contributed by atoms with van der Waals surface area (Å²) in [5, 5.41) is 2.95. The number of hydrogen-bond donors (Lipinski definition) is 1. The Morgan fingerprint density at radius 3 is 2.62 bits per heavy atom.